The first-order valence-corrected chi connectivity index (χ1v) is 12.4. The van der Waals surface area contributed by atoms with Crippen LogP contribution in [0.15, 0.2) is 35.6 Å². The van der Waals surface area contributed by atoms with Crippen molar-refractivity contribution in [2.24, 2.45) is 12.0 Å². The van der Waals surface area contributed by atoms with Crippen molar-refractivity contribution in [3.05, 3.63) is 64.3 Å². The Morgan fingerprint density at radius 1 is 1.09 bits per heavy atom. The van der Waals surface area contributed by atoms with Crippen molar-refractivity contribution in [1.29, 1.82) is 0 Å². The molecule has 0 atom stereocenters. The van der Waals surface area contributed by atoms with Gasteiger partial charge in [0, 0.05) is 25.4 Å². The first-order chi connectivity index (χ1) is 16.4. The summed E-state index contributed by atoms with van der Waals surface area (Å²) in [5.41, 5.74) is 7.26. The topological polar surface area (TPSA) is 67.8 Å². The molecule has 2 aliphatic rings. The normalized spacial score (nSPS) is 19.1. The number of hydrogen-bond donors (Lipinski definition) is 0. The molecular formula is C27H34N6O. The second-order valence-electron chi connectivity index (χ2n) is 9.91. The van der Waals surface area contributed by atoms with Gasteiger partial charge in [-0.25, -0.2) is 9.51 Å². The highest BCUT2D eigenvalue weighted by molar-refractivity contribution is 5.81. The third-order valence-corrected chi connectivity index (χ3v) is 7.48. The van der Waals surface area contributed by atoms with Gasteiger partial charge in [0.25, 0.3) is 0 Å². The number of pyridine rings is 1. The van der Waals surface area contributed by atoms with Gasteiger partial charge in [-0.3, -0.25) is 9.78 Å². The SMILES string of the molecule is Cc1cn2nc(C(=C/C=O)/N=c3/c(C)cc(C4CCN(C5CCC5)CC4)cn3C)cc2c(C)n1. The summed E-state index contributed by atoms with van der Waals surface area (Å²) in [6, 6.07) is 5.06. The van der Waals surface area contributed by atoms with Crippen molar-refractivity contribution >= 4 is 17.5 Å². The minimum atomic E-state index is 0.552. The molecule has 1 saturated carbocycles. The molecule has 1 saturated heterocycles. The molecule has 2 fully saturated rings. The predicted molar refractivity (Wildman–Crippen MR) is 133 cm³/mol. The summed E-state index contributed by atoms with van der Waals surface area (Å²) in [4.78, 5) is 23.6. The monoisotopic (exact) mass is 458 g/mol. The van der Waals surface area contributed by atoms with Gasteiger partial charge < -0.3 is 9.47 Å². The Morgan fingerprint density at radius 3 is 2.50 bits per heavy atom. The molecule has 0 radical (unpaired) electrons. The summed E-state index contributed by atoms with van der Waals surface area (Å²) in [6.45, 7) is 8.43. The zero-order valence-corrected chi connectivity index (χ0v) is 20.7. The number of aldehydes is 1. The second-order valence-corrected chi connectivity index (χ2v) is 9.91. The number of hydrogen-bond acceptors (Lipinski definition) is 5. The number of piperidine rings is 1. The maximum atomic E-state index is 11.5. The molecule has 0 unspecified atom stereocenters. The lowest BCUT2D eigenvalue weighted by molar-refractivity contribution is -0.104. The van der Waals surface area contributed by atoms with Gasteiger partial charge in [-0.1, -0.05) is 12.5 Å². The number of aryl methyl sites for hydroxylation is 4. The average Bonchev–Trinajstić information content (AvgIpc) is 3.19. The van der Waals surface area contributed by atoms with Crippen LogP contribution >= 0.6 is 0 Å². The van der Waals surface area contributed by atoms with E-state index < -0.39 is 0 Å². The van der Waals surface area contributed by atoms with Crippen molar-refractivity contribution in [3.63, 3.8) is 0 Å². The second kappa shape index (κ2) is 9.29. The summed E-state index contributed by atoms with van der Waals surface area (Å²) in [7, 11) is 2.04. The summed E-state index contributed by atoms with van der Waals surface area (Å²) >= 11 is 0. The van der Waals surface area contributed by atoms with Crippen molar-refractivity contribution in [3.8, 4) is 0 Å². The predicted octanol–water partition coefficient (Wildman–Crippen LogP) is 3.87. The number of carbonyl (C=O) groups is 1. The van der Waals surface area contributed by atoms with E-state index >= 15 is 0 Å². The summed E-state index contributed by atoms with van der Waals surface area (Å²) in [6.07, 6.45) is 13.0. The third kappa shape index (κ3) is 4.37. The van der Waals surface area contributed by atoms with Crippen LogP contribution in [-0.4, -0.2) is 49.5 Å². The maximum Gasteiger partial charge on any atom is 0.145 e. The van der Waals surface area contributed by atoms with E-state index in [0.717, 1.165) is 40.3 Å². The highest BCUT2D eigenvalue weighted by Crippen LogP contribution is 2.33. The molecule has 5 rings (SSSR count). The molecule has 7 heteroatoms. The van der Waals surface area contributed by atoms with Gasteiger partial charge >= 0.3 is 0 Å². The molecule has 3 aromatic rings. The van der Waals surface area contributed by atoms with Crippen molar-refractivity contribution in [2.45, 2.75) is 64.8 Å². The molecule has 3 aromatic heterocycles. The van der Waals surface area contributed by atoms with Gasteiger partial charge in [-0.2, -0.15) is 5.10 Å². The molecular weight excluding hydrogens is 424 g/mol. The first-order valence-electron chi connectivity index (χ1n) is 12.4. The maximum absolute atomic E-state index is 11.5. The van der Waals surface area contributed by atoms with Gasteiger partial charge in [0.15, 0.2) is 0 Å². The number of allylic oxidation sites excluding steroid dienone is 1. The van der Waals surface area contributed by atoms with Crippen LogP contribution in [0.4, 0.5) is 0 Å². The van der Waals surface area contributed by atoms with Gasteiger partial charge in [-0.05, 0) is 82.7 Å². The summed E-state index contributed by atoms with van der Waals surface area (Å²) in [5.74, 6) is 0.595. The molecule has 0 N–H and O–H groups in total. The standard InChI is InChI=1S/C27H34N6O/c1-18-14-22(21-8-11-32(12-9-21)23-6-5-7-23)17-31(4)27(18)29-24(10-13-34)25-15-26-20(3)28-19(2)16-33(26)30-25/h10,13-17,21,23H,5-9,11-12H2,1-4H3/b24-10-,29-27-. The van der Waals surface area contributed by atoms with Gasteiger partial charge in [-0.15, -0.1) is 0 Å². The van der Waals surface area contributed by atoms with E-state index in [4.69, 9.17) is 4.99 Å². The number of likely N-dealkylation sites (tertiary alicyclic amines) is 1. The van der Waals surface area contributed by atoms with E-state index in [-0.39, 0.29) is 0 Å². The number of nitrogens with zero attached hydrogens (tertiary/aromatic N) is 6. The van der Waals surface area contributed by atoms with E-state index in [1.54, 1.807) is 0 Å². The van der Waals surface area contributed by atoms with Crippen LogP contribution in [0, 0.1) is 20.8 Å². The lowest BCUT2D eigenvalue weighted by Crippen LogP contribution is -2.44. The molecule has 1 aliphatic heterocycles. The first kappa shape index (κ1) is 22.7. The molecule has 4 heterocycles. The van der Waals surface area contributed by atoms with Crippen LogP contribution in [0.2, 0.25) is 0 Å². The Labute approximate surface area is 200 Å². The third-order valence-electron chi connectivity index (χ3n) is 7.48. The fraction of sp³-hybridized carbons (Fsp3) is 0.481. The van der Waals surface area contributed by atoms with E-state index in [1.165, 1.54) is 56.8 Å². The Hall–Kier alpha value is -3.06. The van der Waals surface area contributed by atoms with Crippen LogP contribution in [-0.2, 0) is 11.8 Å². The van der Waals surface area contributed by atoms with E-state index in [2.05, 4.69) is 38.7 Å². The molecule has 34 heavy (non-hydrogen) atoms. The minimum Gasteiger partial charge on any atom is -0.336 e. The fourth-order valence-corrected chi connectivity index (χ4v) is 5.43. The Kier molecular flexibility index (Phi) is 6.21. The van der Waals surface area contributed by atoms with Crippen molar-refractivity contribution in [1.82, 2.24) is 24.1 Å². The number of aromatic nitrogens is 4. The average molecular weight is 459 g/mol. The zero-order valence-electron chi connectivity index (χ0n) is 20.7. The van der Waals surface area contributed by atoms with Gasteiger partial charge in [0.05, 0.1) is 28.8 Å². The highest BCUT2D eigenvalue weighted by Gasteiger charge is 2.29. The van der Waals surface area contributed by atoms with E-state index in [9.17, 15) is 4.79 Å². The van der Waals surface area contributed by atoms with Crippen molar-refractivity contribution < 1.29 is 4.79 Å². The zero-order chi connectivity index (χ0) is 23.8. The van der Waals surface area contributed by atoms with Crippen LogP contribution in [0.3, 0.4) is 0 Å². The Bertz CT molecular complexity index is 1290. The molecule has 0 spiro atoms. The van der Waals surface area contributed by atoms with Crippen molar-refractivity contribution in [2.75, 3.05) is 13.1 Å². The molecule has 0 aromatic carbocycles. The van der Waals surface area contributed by atoms with E-state index in [0.29, 0.717) is 17.3 Å². The molecule has 178 valence electrons. The fourth-order valence-electron chi connectivity index (χ4n) is 5.43. The highest BCUT2D eigenvalue weighted by atomic mass is 16.1. The quantitative estimate of drug-likeness (QED) is 0.430. The van der Waals surface area contributed by atoms with Crippen LogP contribution in [0.25, 0.3) is 11.2 Å². The van der Waals surface area contributed by atoms with E-state index in [1.807, 2.05) is 37.7 Å². The summed E-state index contributed by atoms with van der Waals surface area (Å²) < 4.78 is 3.90. The van der Waals surface area contributed by atoms with Gasteiger partial charge in [0.1, 0.15) is 17.5 Å². The van der Waals surface area contributed by atoms with Crippen LogP contribution in [0.5, 0.6) is 0 Å². The minimum absolute atomic E-state index is 0.552. The largest absolute Gasteiger partial charge is 0.336 e. The molecule has 7 nitrogen and oxygen atoms in total. The Balaban J connectivity index is 1.44. The summed E-state index contributed by atoms with van der Waals surface area (Å²) in [5, 5.41) is 4.67. The molecule has 0 bridgehead atoms. The number of rotatable bonds is 5. The lowest BCUT2D eigenvalue weighted by atomic mass is 9.85. The van der Waals surface area contributed by atoms with Crippen LogP contribution < -0.4 is 5.49 Å². The molecule has 1 aliphatic carbocycles. The smallest absolute Gasteiger partial charge is 0.145 e. The lowest BCUT2D eigenvalue weighted by Gasteiger charge is -2.42. The number of fused-ring (bicyclic) bond motifs is 1. The van der Waals surface area contributed by atoms with Gasteiger partial charge in [0.2, 0.25) is 0 Å². The molecule has 0 amide bonds. The number of carbonyl (C=O) groups excluding carboxylic acids is 1. The Morgan fingerprint density at radius 2 is 1.85 bits per heavy atom. The van der Waals surface area contributed by atoms with Crippen LogP contribution in [0.1, 0.15) is 66.2 Å².